The number of nitrogens with one attached hydrogen (secondary N) is 2. The minimum atomic E-state index is -0.243. The van der Waals surface area contributed by atoms with Crippen molar-refractivity contribution in [2.45, 2.75) is 18.6 Å². The zero-order chi connectivity index (χ0) is 20.8. The summed E-state index contributed by atoms with van der Waals surface area (Å²) in [6, 6.07) is 6.88. The van der Waals surface area contributed by atoms with Crippen LogP contribution in [-0.2, 0) is 18.4 Å². The van der Waals surface area contributed by atoms with Gasteiger partial charge < -0.3 is 14.6 Å². The highest BCUT2D eigenvalue weighted by atomic mass is 32.2. The van der Waals surface area contributed by atoms with E-state index in [1.54, 1.807) is 43.0 Å². The quantitative estimate of drug-likeness (QED) is 0.514. The number of aryl methyl sites for hydroxylation is 1. The highest BCUT2D eigenvalue weighted by Crippen LogP contribution is 2.18. The number of thioether (sulfide) groups is 1. The van der Waals surface area contributed by atoms with Crippen molar-refractivity contribution < 1.29 is 14.3 Å². The second-order valence-corrected chi connectivity index (χ2v) is 7.96. The molecule has 1 aromatic carbocycles. The third kappa shape index (κ3) is 5.51. The van der Waals surface area contributed by atoms with Crippen LogP contribution in [0.25, 0.3) is 0 Å². The summed E-state index contributed by atoms with van der Waals surface area (Å²) < 4.78 is 6.86. The molecule has 0 aliphatic heterocycles. The number of rotatable bonds is 8. The third-order valence-electron chi connectivity index (χ3n) is 3.77. The van der Waals surface area contributed by atoms with Gasteiger partial charge >= 0.3 is 0 Å². The van der Waals surface area contributed by atoms with Crippen molar-refractivity contribution >= 4 is 40.0 Å². The fraction of sp³-hybridized carbons (Fsp3) is 0.294. The summed E-state index contributed by atoms with van der Waals surface area (Å²) in [5.41, 5.74) is 0.490. The van der Waals surface area contributed by atoms with E-state index in [-0.39, 0.29) is 24.1 Å². The third-order valence-corrected chi connectivity index (χ3v) is 5.54. The minimum absolute atomic E-state index is 0.154. The van der Waals surface area contributed by atoms with Crippen molar-refractivity contribution in [2.75, 3.05) is 18.2 Å². The predicted molar refractivity (Wildman–Crippen MR) is 109 cm³/mol. The fourth-order valence-corrected chi connectivity index (χ4v) is 3.62. The van der Waals surface area contributed by atoms with Crippen molar-refractivity contribution in [3.8, 4) is 5.75 Å². The molecular formula is C17H19N7O3S2. The Morgan fingerprint density at radius 3 is 2.79 bits per heavy atom. The first-order chi connectivity index (χ1) is 14.0. The van der Waals surface area contributed by atoms with Crippen LogP contribution in [0.1, 0.15) is 21.2 Å². The number of amides is 2. The van der Waals surface area contributed by atoms with E-state index >= 15 is 0 Å². The van der Waals surface area contributed by atoms with Crippen LogP contribution in [0.5, 0.6) is 5.75 Å². The molecule has 152 valence electrons. The summed E-state index contributed by atoms with van der Waals surface area (Å²) in [7, 11) is 3.33. The van der Waals surface area contributed by atoms with Crippen LogP contribution < -0.4 is 15.4 Å². The van der Waals surface area contributed by atoms with Crippen LogP contribution in [0.3, 0.4) is 0 Å². The minimum Gasteiger partial charge on any atom is -0.497 e. The van der Waals surface area contributed by atoms with E-state index in [1.165, 1.54) is 23.1 Å². The van der Waals surface area contributed by atoms with Crippen LogP contribution >= 0.6 is 23.1 Å². The van der Waals surface area contributed by atoms with Gasteiger partial charge in [-0.05, 0) is 25.1 Å². The molecule has 0 spiro atoms. The van der Waals surface area contributed by atoms with Crippen LogP contribution in [0.15, 0.2) is 29.4 Å². The lowest BCUT2D eigenvalue weighted by atomic mass is 10.2. The number of carbonyl (C=O) groups is 2. The van der Waals surface area contributed by atoms with Gasteiger partial charge in [-0.15, -0.1) is 20.4 Å². The van der Waals surface area contributed by atoms with Gasteiger partial charge in [-0.2, -0.15) is 0 Å². The summed E-state index contributed by atoms with van der Waals surface area (Å²) >= 11 is 2.55. The van der Waals surface area contributed by atoms with Crippen molar-refractivity contribution in [3.63, 3.8) is 0 Å². The molecule has 0 unspecified atom stereocenters. The van der Waals surface area contributed by atoms with E-state index in [4.69, 9.17) is 4.74 Å². The monoisotopic (exact) mass is 433 g/mol. The van der Waals surface area contributed by atoms with Crippen LogP contribution in [0.4, 0.5) is 5.13 Å². The SMILES string of the molecule is COc1cccc(C(=O)NCc2nnc(SCC(=O)Nc3nnc(C)s3)n2C)c1. The smallest absolute Gasteiger partial charge is 0.251 e. The molecule has 3 rings (SSSR count). The first-order valence-electron chi connectivity index (χ1n) is 8.49. The maximum Gasteiger partial charge on any atom is 0.251 e. The average molecular weight is 434 g/mol. The Labute approximate surface area is 175 Å². The topological polar surface area (TPSA) is 124 Å². The lowest BCUT2D eigenvalue weighted by Crippen LogP contribution is -2.24. The van der Waals surface area contributed by atoms with E-state index in [1.807, 2.05) is 6.92 Å². The van der Waals surface area contributed by atoms with Crippen molar-refractivity contribution in [1.29, 1.82) is 0 Å². The predicted octanol–water partition coefficient (Wildman–Crippen LogP) is 1.64. The molecule has 0 radical (unpaired) electrons. The largest absolute Gasteiger partial charge is 0.497 e. The zero-order valence-corrected chi connectivity index (χ0v) is 17.6. The second-order valence-electron chi connectivity index (χ2n) is 5.84. The van der Waals surface area contributed by atoms with Gasteiger partial charge in [0.05, 0.1) is 19.4 Å². The summed E-state index contributed by atoms with van der Waals surface area (Å²) in [5.74, 6) is 0.886. The van der Waals surface area contributed by atoms with E-state index in [0.29, 0.717) is 27.4 Å². The molecule has 0 atom stereocenters. The van der Waals surface area contributed by atoms with Gasteiger partial charge in [0, 0.05) is 12.6 Å². The van der Waals surface area contributed by atoms with Crippen molar-refractivity contribution in [3.05, 3.63) is 40.7 Å². The van der Waals surface area contributed by atoms with Gasteiger partial charge in [-0.3, -0.25) is 14.9 Å². The Bertz CT molecular complexity index is 1020. The first kappa shape index (κ1) is 20.7. The van der Waals surface area contributed by atoms with E-state index in [2.05, 4.69) is 31.0 Å². The lowest BCUT2D eigenvalue weighted by molar-refractivity contribution is -0.113. The molecule has 29 heavy (non-hydrogen) atoms. The van der Waals surface area contributed by atoms with Crippen LogP contribution in [0.2, 0.25) is 0 Å². The number of benzene rings is 1. The Hall–Kier alpha value is -2.99. The van der Waals surface area contributed by atoms with Gasteiger partial charge in [0.15, 0.2) is 11.0 Å². The molecule has 2 aromatic heterocycles. The highest BCUT2D eigenvalue weighted by molar-refractivity contribution is 7.99. The number of ether oxygens (including phenoxy) is 1. The van der Waals surface area contributed by atoms with Gasteiger partial charge in [0.2, 0.25) is 11.0 Å². The number of carbonyl (C=O) groups excluding carboxylic acids is 2. The number of nitrogens with zero attached hydrogens (tertiary/aromatic N) is 5. The van der Waals surface area contributed by atoms with E-state index in [9.17, 15) is 9.59 Å². The zero-order valence-electron chi connectivity index (χ0n) is 16.0. The molecule has 0 saturated carbocycles. The van der Waals surface area contributed by atoms with Crippen LogP contribution in [-0.4, -0.2) is 49.6 Å². The Morgan fingerprint density at radius 1 is 1.24 bits per heavy atom. The molecule has 2 N–H and O–H groups in total. The maximum atomic E-state index is 12.3. The Morgan fingerprint density at radius 2 is 2.07 bits per heavy atom. The molecule has 0 aliphatic rings. The summed E-state index contributed by atoms with van der Waals surface area (Å²) in [6.45, 7) is 2.02. The standard InChI is InChI=1S/C17H19N7O3S2/c1-10-20-22-16(29-10)19-14(25)9-28-17-23-21-13(24(17)2)8-18-15(26)11-5-4-6-12(7-11)27-3/h4-7H,8-9H2,1-3H3,(H,18,26)(H,19,22,25). The van der Waals surface area contributed by atoms with E-state index in [0.717, 1.165) is 5.01 Å². The molecule has 2 heterocycles. The molecular weight excluding hydrogens is 414 g/mol. The van der Waals surface area contributed by atoms with Gasteiger partial charge in [0.1, 0.15) is 10.8 Å². The molecule has 0 fully saturated rings. The summed E-state index contributed by atoms with van der Waals surface area (Å²) in [5, 5.41) is 23.2. The number of aromatic nitrogens is 5. The van der Waals surface area contributed by atoms with Crippen LogP contribution in [0, 0.1) is 6.92 Å². The number of anilines is 1. The molecule has 3 aromatic rings. The first-order valence-corrected chi connectivity index (χ1v) is 10.3. The van der Waals surface area contributed by atoms with Gasteiger partial charge in [-0.25, -0.2) is 0 Å². The molecule has 0 aliphatic carbocycles. The number of hydrogen-bond donors (Lipinski definition) is 2. The number of methoxy groups -OCH3 is 1. The fourth-order valence-electron chi connectivity index (χ4n) is 2.28. The Kier molecular flexibility index (Phi) is 6.77. The Balaban J connectivity index is 1.52. The number of hydrogen-bond acceptors (Lipinski definition) is 9. The van der Waals surface area contributed by atoms with Gasteiger partial charge in [-0.1, -0.05) is 29.2 Å². The highest BCUT2D eigenvalue weighted by Gasteiger charge is 2.14. The average Bonchev–Trinajstić information content (AvgIpc) is 3.29. The summed E-state index contributed by atoms with van der Waals surface area (Å²) in [4.78, 5) is 24.3. The normalized spacial score (nSPS) is 10.6. The molecule has 10 nitrogen and oxygen atoms in total. The summed E-state index contributed by atoms with van der Waals surface area (Å²) in [6.07, 6.45) is 0. The molecule has 0 bridgehead atoms. The van der Waals surface area contributed by atoms with E-state index < -0.39 is 0 Å². The lowest BCUT2D eigenvalue weighted by Gasteiger charge is -2.07. The second kappa shape index (κ2) is 9.47. The van der Waals surface area contributed by atoms with Crippen molar-refractivity contribution in [2.24, 2.45) is 7.05 Å². The molecule has 12 heteroatoms. The molecule has 0 saturated heterocycles. The molecule has 2 amide bonds. The maximum absolute atomic E-state index is 12.3. The van der Waals surface area contributed by atoms with Gasteiger partial charge in [0.25, 0.3) is 5.91 Å². The van der Waals surface area contributed by atoms with Crippen molar-refractivity contribution in [1.82, 2.24) is 30.3 Å².